The summed E-state index contributed by atoms with van der Waals surface area (Å²) in [5, 5.41) is 9.77. The maximum Gasteiger partial charge on any atom is 0.343 e. The fourth-order valence-electron chi connectivity index (χ4n) is 3.33. The van der Waals surface area contributed by atoms with Crippen LogP contribution >= 0.6 is 27.5 Å². The number of hydrogen-bond donors (Lipinski definition) is 1. The number of halogens is 3. The number of allylic oxidation sites excluding steroid dienone is 1. The molecule has 0 aliphatic carbocycles. The van der Waals surface area contributed by atoms with Crippen molar-refractivity contribution in [1.82, 2.24) is 0 Å². The number of nitriles is 1. The van der Waals surface area contributed by atoms with Crippen molar-refractivity contribution in [3.05, 3.63) is 104 Å². The number of nitrogens with two attached hydrogens (primary N) is 1. The Morgan fingerprint density at radius 2 is 1.94 bits per heavy atom. The minimum atomic E-state index is -0.862. The van der Waals surface area contributed by atoms with Gasteiger partial charge in [0, 0.05) is 26.7 Å². The fraction of sp³-hybridized carbons (Fsp3) is 0.0435. The summed E-state index contributed by atoms with van der Waals surface area (Å²) in [6.45, 7) is 0. The Hall–Kier alpha value is -3.34. The van der Waals surface area contributed by atoms with Gasteiger partial charge in [-0.3, -0.25) is 0 Å². The van der Waals surface area contributed by atoms with E-state index in [0.29, 0.717) is 11.1 Å². The van der Waals surface area contributed by atoms with Crippen LogP contribution in [0, 0.1) is 17.1 Å². The molecule has 0 spiro atoms. The maximum absolute atomic E-state index is 14.7. The number of hydrogen-bond acceptors (Lipinski definition) is 5. The van der Waals surface area contributed by atoms with Crippen molar-refractivity contribution in [3.8, 4) is 17.6 Å². The van der Waals surface area contributed by atoms with Gasteiger partial charge in [0.05, 0.1) is 11.5 Å². The van der Waals surface area contributed by atoms with Gasteiger partial charge >= 0.3 is 5.97 Å². The van der Waals surface area contributed by atoms with Crippen LogP contribution in [-0.4, -0.2) is 5.97 Å². The van der Waals surface area contributed by atoms with E-state index in [1.54, 1.807) is 30.3 Å². The van der Waals surface area contributed by atoms with Gasteiger partial charge in [-0.15, -0.1) is 0 Å². The van der Waals surface area contributed by atoms with E-state index in [1.807, 2.05) is 6.07 Å². The molecule has 5 nitrogen and oxygen atoms in total. The number of nitrogens with zero attached hydrogens (tertiary/aromatic N) is 1. The Kier molecular flexibility index (Phi) is 5.68. The SMILES string of the molecule is N#CC1=C(N)Oc2cc(OC(=O)c3ccc(Br)cc3)ccc2C1c1c(F)cccc1Cl. The molecule has 0 saturated heterocycles. The summed E-state index contributed by atoms with van der Waals surface area (Å²) in [6, 6.07) is 17.6. The highest BCUT2D eigenvalue weighted by atomic mass is 79.9. The summed E-state index contributed by atoms with van der Waals surface area (Å²) in [5.74, 6) is -1.72. The average Bonchev–Trinajstić information content (AvgIpc) is 2.73. The number of carbonyl (C=O) groups is 1. The van der Waals surface area contributed by atoms with E-state index < -0.39 is 17.7 Å². The lowest BCUT2D eigenvalue weighted by molar-refractivity contribution is 0.0734. The molecule has 0 radical (unpaired) electrons. The Balaban J connectivity index is 1.73. The average molecular weight is 500 g/mol. The maximum atomic E-state index is 14.7. The molecule has 31 heavy (non-hydrogen) atoms. The van der Waals surface area contributed by atoms with Gasteiger partial charge in [-0.2, -0.15) is 5.26 Å². The lowest BCUT2D eigenvalue weighted by atomic mass is 9.83. The molecule has 0 saturated carbocycles. The van der Waals surface area contributed by atoms with Gasteiger partial charge in [-0.25, -0.2) is 9.18 Å². The van der Waals surface area contributed by atoms with Gasteiger partial charge in [0.2, 0.25) is 5.88 Å². The highest BCUT2D eigenvalue weighted by Crippen LogP contribution is 2.46. The van der Waals surface area contributed by atoms with Crippen molar-refractivity contribution in [2.45, 2.75) is 5.92 Å². The van der Waals surface area contributed by atoms with Crippen molar-refractivity contribution >= 4 is 33.5 Å². The van der Waals surface area contributed by atoms with Crippen molar-refractivity contribution in [3.63, 3.8) is 0 Å². The van der Waals surface area contributed by atoms with Crippen molar-refractivity contribution in [2.24, 2.45) is 5.73 Å². The molecule has 0 fully saturated rings. The molecule has 1 aliphatic heterocycles. The lowest BCUT2D eigenvalue weighted by Crippen LogP contribution is -2.22. The van der Waals surface area contributed by atoms with Crippen molar-refractivity contribution < 1.29 is 18.7 Å². The van der Waals surface area contributed by atoms with Gasteiger partial charge in [0.15, 0.2) is 0 Å². The summed E-state index contributed by atoms with van der Waals surface area (Å²) in [6.07, 6.45) is 0. The molecular weight excluding hydrogens is 487 g/mol. The Morgan fingerprint density at radius 3 is 2.61 bits per heavy atom. The van der Waals surface area contributed by atoms with Gasteiger partial charge in [0.25, 0.3) is 0 Å². The number of carbonyl (C=O) groups excluding carboxylic acids is 1. The van der Waals surface area contributed by atoms with Gasteiger partial charge in [-0.1, -0.05) is 39.7 Å². The standard InChI is InChI=1S/C23H13BrClFN2O3/c24-13-6-4-12(5-7-13)23(29)30-14-8-9-15-19(10-14)31-22(28)16(11-27)20(15)21-17(25)2-1-3-18(21)26/h1-10,20H,28H2. The second-order valence-electron chi connectivity index (χ2n) is 6.66. The Labute approximate surface area is 190 Å². The zero-order valence-corrected chi connectivity index (χ0v) is 18.1. The van der Waals surface area contributed by atoms with E-state index in [0.717, 1.165) is 4.47 Å². The highest BCUT2D eigenvalue weighted by molar-refractivity contribution is 9.10. The summed E-state index contributed by atoms with van der Waals surface area (Å²) in [4.78, 5) is 12.4. The van der Waals surface area contributed by atoms with E-state index in [2.05, 4.69) is 15.9 Å². The number of esters is 1. The Bertz CT molecular complexity index is 1250. The van der Waals surface area contributed by atoms with Crippen LogP contribution in [0.15, 0.2) is 76.6 Å². The highest BCUT2D eigenvalue weighted by Gasteiger charge is 2.34. The molecule has 0 aromatic heterocycles. The predicted molar refractivity (Wildman–Crippen MR) is 116 cm³/mol. The van der Waals surface area contributed by atoms with Crippen molar-refractivity contribution in [1.29, 1.82) is 5.26 Å². The fourth-order valence-corrected chi connectivity index (χ4v) is 3.87. The van der Waals surface area contributed by atoms with E-state index in [9.17, 15) is 14.4 Å². The van der Waals surface area contributed by atoms with Crippen LogP contribution in [-0.2, 0) is 0 Å². The van der Waals surface area contributed by atoms with E-state index in [4.69, 9.17) is 26.8 Å². The first kappa shape index (κ1) is 20.9. The van der Waals surface area contributed by atoms with E-state index in [1.165, 1.54) is 30.3 Å². The summed E-state index contributed by atoms with van der Waals surface area (Å²) in [5.41, 5.74) is 6.94. The zero-order chi connectivity index (χ0) is 22.1. The molecule has 1 heterocycles. The monoisotopic (exact) mass is 498 g/mol. The van der Waals surface area contributed by atoms with Gasteiger partial charge in [-0.05, 0) is 42.5 Å². The Morgan fingerprint density at radius 1 is 1.19 bits per heavy atom. The van der Waals surface area contributed by atoms with Crippen molar-refractivity contribution in [2.75, 3.05) is 0 Å². The summed E-state index contributed by atoms with van der Waals surface area (Å²) >= 11 is 9.56. The molecule has 154 valence electrons. The summed E-state index contributed by atoms with van der Waals surface area (Å²) < 4.78 is 26.5. The number of rotatable bonds is 3. The molecule has 1 unspecified atom stereocenters. The summed E-state index contributed by atoms with van der Waals surface area (Å²) in [7, 11) is 0. The molecule has 4 rings (SSSR count). The minimum Gasteiger partial charge on any atom is -0.440 e. The molecular formula is C23H13BrClFN2O3. The first-order valence-corrected chi connectivity index (χ1v) is 10.2. The van der Waals surface area contributed by atoms with Crippen LogP contribution in [0.5, 0.6) is 11.5 Å². The molecule has 3 aromatic rings. The topological polar surface area (TPSA) is 85.3 Å². The predicted octanol–water partition coefficient (Wildman–Crippen LogP) is 5.68. The molecule has 1 aliphatic rings. The van der Waals surface area contributed by atoms with Crippen LogP contribution in [0.2, 0.25) is 5.02 Å². The number of fused-ring (bicyclic) bond motifs is 1. The van der Waals surface area contributed by atoms with Crippen LogP contribution in [0.3, 0.4) is 0 Å². The molecule has 0 bridgehead atoms. The van der Waals surface area contributed by atoms with Crippen LogP contribution in [0.25, 0.3) is 0 Å². The molecule has 3 aromatic carbocycles. The molecule has 1 atom stereocenters. The van der Waals surface area contributed by atoms with Crippen LogP contribution in [0.4, 0.5) is 4.39 Å². The third kappa shape index (κ3) is 4.00. The largest absolute Gasteiger partial charge is 0.440 e. The number of benzene rings is 3. The first-order chi connectivity index (χ1) is 14.9. The third-order valence-electron chi connectivity index (χ3n) is 4.77. The zero-order valence-electron chi connectivity index (χ0n) is 15.7. The van der Waals surface area contributed by atoms with Crippen LogP contribution < -0.4 is 15.2 Å². The second-order valence-corrected chi connectivity index (χ2v) is 7.98. The van der Waals surface area contributed by atoms with E-state index >= 15 is 0 Å². The van der Waals surface area contributed by atoms with Gasteiger partial charge < -0.3 is 15.2 Å². The molecule has 2 N–H and O–H groups in total. The molecule has 8 heteroatoms. The minimum absolute atomic E-state index is 0.0408. The first-order valence-electron chi connectivity index (χ1n) is 9.02. The normalized spacial score (nSPS) is 15.0. The van der Waals surface area contributed by atoms with Gasteiger partial charge in [0.1, 0.15) is 29.0 Å². The lowest BCUT2D eigenvalue weighted by Gasteiger charge is -2.27. The second kappa shape index (κ2) is 8.42. The quantitative estimate of drug-likeness (QED) is 0.370. The van der Waals surface area contributed by atoms with Crippen LogP contribution in [0.1, 0.15) is 27.4 Å². The molecule has 0 amide bonds. The third-order valence-corrected chi connectivity index (χ3v) is 5.63. The number of ether oxygens (including phenoxy) is 2. The smallest absolute Gasteiger partial charge is 0.343 e. The van der Waals surface area contributed by atoms with E-state index in [-0.39, 0.29) is 33.5 Å².